The molecule has 2 aromatic rings. The molecule has 0 bridgehead atoms. The Balaban J connectivity index is 2.11. The predicted molar refractivity (Wildman–Crippen MR) is 128 cm³/mol. The van der Waals surface area contributed by atoms with Crippen LogP contribution in [0.15, 0.2) is 48.5 Å². The fourth-order valence-corrected chi connectivity index (χ4v) is 3.54. The average Bonchev–Trinajstić information content (AvgIpc) is 2.74. The summed E-state index contributed by atoms with van der Waals surface area (Å²) in [5.74, 6) is 0.654. The molecule has 4 nitrogen and oxygen atoms in total. The zero-order valence-corrected chi connectivity index (χ0v) is 20.1. The number of hydrogen-bond acceptors (Lipinski definition) is 2. The Bertz CT molecular complexity index is 862. The Hall–Kier alpha value is -2.33. The molecule has 0 aliphatic carbocycles. The number of nitrogens with zero attached hydrogens (tertiary/aromatic N) is 1. The van der Waals surface area contributed by atoms with Crippen molar-refractivity contribution < 1.29 is 9.59 Å². The summed E-state index contributed by atoms with van der Waals surface area (Å²) >= 11 is 6.13. The molecule has 1 atom stereocenters. The topological polar surface area (TPSA) is 49.4 Å². The summed E-state index contributed by atoms with van der Waals surface area (Å²) in [5, 5.41) is 3.56. The normalized spacial score (nSPS) is 12.1. The fourth-order valence-electron chi connectivity index (χ4n) is 3.33. The minimum Gasteiger partial charge on any atom is -0.354 e. The standard InChI is InChI=1S/C26H35ClN2O2/c1-18(2)16-28-26(31)20(5)29(17-22-7-6-8-24(27)15-22)25(30)14-11-21-9-12-23(13-10-21)19(3)4/h6-10,12-13,15,18-20H,11,14,16-17H2,1-5H3,(H,28,31)/t20-/m1/s1. The lowest BCUT2D eigenvalue weighted by molar-refractivity contribution is -0.140. The highest BCUT2D eigenvalue weighted by atomic mass is 35.5. The zero-order chi connectivity index (χ0) is 23.0. The van der Waals surface area contributed by atoms with Gasteiger partial charge in [-0.1, -0.05) is 75.7 Å². The molecule has 0 unspecified atom stereocenters. The number of nitrogens with one attached hydrogen (secondary N) is 1. The molecule has 2 rings (SSSR count). The molecule has 0 aliphatic heterocycles. The molecule has 31 heavy (non-hydrogen) atoms. The number of hydrogen-bond donors (Lipinski definition) is 1. The van der Waals surface area contributed by atoms with Crippen LogP contribution in [0, 0.1) is 5.92 Å². The molecule has 0 radical (unpaired) electrons. The van der Waals surface area contributed by atoms with Gasteiger partial charge >= 0.3 is 0 Å². The SMILES string of the molecule is CC(C)CNC(=O)[C@@H](C)N(Cc1cccc(Cl)c1)C(=O)CCc1ccc(C(C)C)cc1. The van der Waals surface area contributed by atoms with Crippen LogP contribution in [0.3, 0.4) is 0 Å². The van der Waals surface area contributed by atoms with Crippen LogP contribution in [0.4, 0.5) is 0 Å². The first kappa shape index (κ1) is 24.9. The van der Waals surface area contributed by atoms with Crippen LogP contribution in [0.2, 0.25) is 5.02 Å². The molecule has 2 aromatic carbocycles. The number of benzene rings is 2. The van der Waals surface area contributed by atoms with Crippen molar-refractivity contribution in [3.05, 3.63) is 70.2 Å². The molecular weight excluding hydrogens is 408 g/mol. The largest absolute Gasteiger partial charge is 0.354 e. The highest BCUT2D eigenvalue weighted by Gasteiger charge is 2.26. The van der Waals surface area contributed by atoms with E-state index in [4.69, 9.17) is 11.6 Å². The van der Waals surface area contributed by atoms with Crippen molar-refractivity contribution in [3.63, 3.8) is 0 Å². The van der Waals surface area contributed by atoms with E-state index in [0.29, 0.717) is 42.8 Å². The number of carbonyl (C=O) groups excluding carboxylic acids is 2. The van der Waals surface area contributed by atoms with Gasteiger partial charge in [0, 0.05) is 24.5 Å². The third-order valence-corrected chi connectivity index (χ3v) is 5.60. The number of aryl methyl sites for hydroxylation is 1. The molecule has 0 aromatic heterocycles. The summed E-state index contributed by atoms with van der Waals surface area (Å²) in [7, 11) is 0. The van der Waals surface area contributed by atoms with E-state index in [-0.39, 0.29) is 11.8 Å². The van der Waals surface area contributed by atoms with Crippen molar-refractivity contribution in [3.8, 4) is 0 Å². The van der Waals surface area contributed by atoms with Crippen LogP contribution in [0.25, 0.3) is 0 Å². The summed E-state index contributed by atoms with van der Waals surface area (Å²) in [5.41, 5.74) is 3.32. The Morgan fingerprint density at radius 2 is 1.65 bits per heavy atom. The van der Waals surface area contributed by atoms with Crippen LogP contribution in [-0.4, -0.2) is 29.3 Å². The molecule has 5 heteroatoms. The molecule has 0 fully saturated rings. The lowest BCUT2D eigenvalue weighted by Gasteiger charge is -2.29. The number of halogens is 1. The van der Waals surface area contributed by atoms with E-state index in [1.807, 2.05) is 32.0 Å². The van der Waals surface area contributed by atoms with Crippen molar-refractivity contribution in [2.45, 2.75) is 66.0 Å². The summed E-state index contributed by atoms with van der Waals surface area (Å²) < 4.78 is 0. The van der Waals surface area contributed by atoms with Crippen molar-refractivity contribution in [2.24, 2.45) is 5.92 Å². The van der Waals surface area contributed by atoms with Crippen LogP contribution in [-0.2, 0) is 22.6 Å². The second-order valence-electron chi connectivity index (χ2n) is 8.86. The van der Waals surface area contributed by atoms with Gasteiger partial charge in [-0.2, -0.15) is 0 Å². The molecule has 168 valence electrons. The second kappa shape index (κ2) is 11.9. The molecule has 0 saturated heterocycles. The molecule has 0 heterocycles. The van der Waals surface area contributed by atoms with Gasteiger partial charge in [0.1, 0.15) is 6.04 Å². The van der Waals surface area contributed by atoms with Crippen LogP contribution in [0.5, 0.6) is 0 Å². The van der Waals surface area contributed by atoms with Crippen LogP contribution in [0.1, 0.15) is 63.6 Å². The summed E-state index contributed by atoms with van der Waals surface area (Å²) in [6.07, 6.45) is 0.993. The lowest BCUT2D eigenvalue weighted by Crippen LogP contribution is -2.48. The maximum atomic E-state index is 13.2. The van der Waals surface area contributed by atoms with Gasteiger partial charge in [0.05, 0.1) is 0 Å². The molecule has 0 spiro atoms. The number of rotatable bonds is 10. The first-order chi connectivity index (χ1) is 14.7. The first-order valence-electron chi connectivity index (χ1n) is 11.1. The molecule has 0 saturated carbocycles. The highest BCUT2D eigenvalue weighted by molar-refractivity contribution is 6.30. The second-order valence-corrected chi connectivity index (χ2v) is 9.30. The molecule has 2 amide bonds. The molecule has 0 aliphatic rings. The van der Waals surface area contributed by atoms with Crippen molar-refractivity contribution >= 4 is 23.4 Å². The summed E-state index contributed by atoms with van der Waals surface area (Å²) in [6, 6.07) is 15.3. The van der Waals surface area contributed by atoms with E-state index >= 15 is 0 Å². The number of amides is 2. The predicted octanol–water partition coefficient (Wildman–Crippen LogP) is 5.59. The van der Waals surface area contributed by atoms with Crippen LogP contribution >= 0.6 is 11.6 Å². The van der Waals surface area contributed by atoms with E-state index < -0.39 is 6.04 Å². The Labute approximate surface area is 192 Å². The average molecular weight is 443 g/mol. The Morgan fingerprint density at radius 1 is 0.968 bits per heavy atom. The van der Waals surface area contributed by atoms with E-state index in [9.17, 15) is 9.59 Å². The Morgan fingerprint density at radius 3 is 2.23 bits per heavy atom. The first-order valence-corrected chi connectivity index (χ1v) is 11.5. The van der Waals surface area contributed by atoms with E-state index in [2.05, 4.69) is 43.4 Å². The van der Waals surface area contributed by atoms with Gasteiger partial charge in [-0.15, -0.1) is 0 Å². The third-order valence-electron chi connectivity index (χ3n) is 5.37. The van der Waals surface area contributed by atoms with Gasteiger partial charge in [-0.25, -0.2) is 0 Å². The Kier molecular flexibility index (Phi) is 9.57. The number of carbonyl (C=O) groups is 2. The maximum absolute atomic E-state index is 13.2. The van der Waals surface area contributed by atoms with Gasteiger partial charge in [-0.05, 0) is 54.0 Å². The van der Waals surface area contributed by atoms with E-state index in [1.54, 1.807) is 17.9 Å². The van der Waals surface area contributed by atoms with Gasteiger partial charge in [0.2, 0.25) is 11.8 Å². The zero-order valence-electron chi connectivity index (χ0n) is 19.3. The van der Waals surface area contributed by atoms with Gasteiger partial charge in [0.15, 0.2) is 0 Å². The smallest absolute Gasteiger partial charge is 0.242 e. The van der Waals surface area contributed by atoms with Gasteiger partial charge in [0.25, 0.3) is 0 Å². The minimum absolute atomic E-state index is 0.0416. The quantitative estimate of drug-likeness (QED) is 0.521. The van der Waals surface area contributed by atoms with E-state index in [0.717, 1.165) is 11.1 Å². The van der Waals surface area contributed by atoms with E-state index in [1.165, 1.54) is 5.56 Å². The van der Waals surface area contributed by atoms with Gasteiger partial charge < -0.3 is 10.2 Å². The third kappa shape index (κ3) is 8.02. The fraction of sp³-hybridized carbons (Fsp3) is 0.462. The monoisotopic (exact) mass is 442 g/mol. The maximum Gasteiger partial charge on any atom is 0.242 e. The highest BCUT2D eigenvalue weighted by Crippen LogP contribution is 2.18. The van der Waals surface area contributed by atoms with Crippen molar-refractivity contribution in [1.82, 2.24) is 10.2 Å². The summed E-state index contributed by atoms with van der Waals surface area (Å²) in [4.78, 5) is 27.5. The minimum atomic E-state index is -0.562. The van der Waals surface area contributed by atoms with Crippen molar-refractivity contribution in [1.29, 1.82) is 0 Å². The van der Waals surface area contributed by atoms with Crippen LogP contribution < -0.4 is 5.32 Å². The molecule has 1 N–H and O–H groups in total. The van der Waals surface area contributed by atoms with Crippen molar-refractivity contribution in [2.75, 3.05) is 6.54 Å². The van der Waals surface area contributed by atoms with Gasteiger partial charge in [-0.3, -0.25) is 9.59 Å². The lowest BCUT2D eigenvalue weighted by atomic mass is 10.00. The summed E-state index contributed by atoms with van der Waals surface area (Å²) in [6.45, 7) is 11.1. The molecular formula is C26H35ClN2O2.